The number of hydrogen-bond donors (Lipinski definition) is 1. The van der Waals surface area contributed by atoms with Crippen LogP contribution in [0.4, 0.5) is 5.82 Å². The number of carbonyl (C=O) groups excluding carboxylic acids is 1. The Hall–Kier alpha value is -1.62. The van der Waals surface area contributed by atoms with Crippen molar-refractivity contribution < 1.29 is 9.53 Å². The van der Waals surface area contributed by atoms with Crippen LogP contribution in [0.5, 0.6) is 0 Å². The number of rotatable bonds is 4. The molecule has 0 amide bonds. The van der Waals surface area contributed by atoms with E-state index in [-0.39, 0.29) is 5.97 Å². The molecule has 3 atom stereocenters. The molecule has 0 saturated carbocycles. The molecule has 3 rings (SSSR count). The second-order valence-electron chi connectivity index (χ2n) is 5.81. The van der Waals surface area contributed by atoms with E-state index in [4.69, 9.17) is 4.74 Å². The number of nitrogens with one attached hydrogen (secondary N) is 1. The van der Waals surface area contributed by atoms with E-state index in [1.807, 2.05) is 13.0 Å². The van der Waals surface area contributed by atoms with Crippen molar-refractivity contribution in [2.24, 2.45) is 11.8 Å². The quantitative estimate of drug-likeness (QED) is 0.855. The third-order valence-corrected chi connectivity index (χ3v) is 4.69. The zero-order chi connectivity index (χ0) is 14.8. The zero-order valence-corrected chi connectivity index (χ0v) is 12.7. The average molecular weight is 289 g/mol. The molecule has 2 fully saturated rings. The molecule has 2 aliphatic rings. The van der Waals surface area contributed by atoms with Gasteiger partial charge < -0.3 is 15.0 Å². The van der Waals surface area contributed by atoms with Gasteiger partial charge in [0.15, 0.2) is 0 Å². The molecule has 3 unspecified atom stereocenters. The number of nitrogens with zero attached hydrogens (tertiary/aromatic N) is 2. The molecule has 5 nitrogen and oxygen atoms in total. The fourth-order valence-corrected chi connectivity index (χ4v) is 3.78. The second-order valence-corrected chi connectivity index (χ2v) is 5.81. The van der Waals surface area contributed by atoms with Crippen LogP contribution in [0.1, 0.15) is 30.6 Å². The van der Waals surface area contributed by atoms with Gasteiger partial charge in [-0.15, -0.1) is 0 Å². The summed E-state index contributed by atoms with van der Waals surface area (Å²) >= 11 is 0. The van der Waals surface area contributed by atoms with Crippen molar-refractivity contribution in [2.45, 2.75) is 26.3 Å². The predicted octanol–water partition coefficient (Wildman–Crippen LogP) is 1.69. The van der Waals surface area contributed by atoms with Crippen LogP contribution >= 0.6 is 0 Å². The van der Waals surface area contributed by atoms with Crippen LogP contribution in [-0.4, -0.2) is 43.2 Å². The molecule has 0 radical (unpaired) electrons. The molecule has 21 heavy (non-hydrogen) atoms. The van der Waals surface area contributed by atoms with Crippen molar-refractivity contribution in [2.75, 3.05) is 31.1 Å². The van der Waals surface area contributed by atoms with Crippen LogP contribution in [0, 0.1) is 11.8 Å². The van der Waals surface area contributed by atoms with Crippen LogP contribution in [0.25, 0.3) is 0 Å². The molecule has 1 aromatic rings. The fraction of sp³-hybridized carbons (Fsp3) is 0.625. The Morgan fingerprint density at radius 1 is 1.48 bits per heavy atom. The lowest BCUT2D eigenvalue weighted by Gasteiger charge is -2.29. The Labute approximate surface area is 125 Å². The monoisotopic (exact) mass is 289 g/mol. The topological polar surface area (TPSA) is 54.5 Å². The van der Waals surface area contributed by atoms with Crippen LogP contribution in [-0.2, 0) is 4.74 Å². The van der Waals surface area contributed by atoms with E-state index in [0.29, 0.717) is 30.0 Å². The number of pyridine rings is 1. The minimum atomic E-state index is -0.273. The van der Waals surface area contributed by atoms with Crippen LogP contribution in [0.2, 0.25) is 0 Å². The largest absolute Gasteiger partial charge is 0.462 e. The first-order valence-electron chi connectivity index (χ1n) is 7.85. The summed E-state index contributed by atoms with van der Waals surface area (Å²) in [6.07, 6.45) is 2.83. The summed E-state index contributed by atoms with van der Waals surface area (Å²) in [6.45, 7) is 7.54. The number of aromatic nitrogens is 1. The van der Waals surface area contributed by atoms with Crippen molar-refractivity contribution >= 4 is 11.8 Å². The van der Waals surface area contributed by atoms with Gasteiger partial charge in [0.1, 0.15) is 11.4 Å². The first-order valence-corrected chi connectivity index (χ1v) is 7.85. The number of esters is 1. The Morgan fingerprint density at radius 3 is 3.10 bits per heavy atom. The minimum Gasteiger partial charge on any atom is -0.462 e. The normalized spacial score (nSPS) is 27.7. The summed E-state index contributed by atoms with van der Waals surface area (Å²) in [7, 11) is 0. The van der Waals surface area contributed by atoms with Gasteiger partial charge in [0.05, 0.1) is 6.61 Å². The molecule has 3 heterocycles. The zero-order valence-electron chi connectivity index (χ0n) is 12.7. The Morgan fingerprint density at radius 2 is 2.33 bits per heavy atom. The molecule has 1 aromatic heterocycles. The van der Waals surface area contributed by atoms with Gasteiger partial charge in [0.2, 0.25) is 0 Å². The third kappa shape index (κ3) is 2.50. The van der Waals surface area contributed by atoms with E-state index in [0.717, 1.165) is 31.9 Å². The van der Waals surface area contributed by atoms with Gasteiger partial charge in [-0.25, -0.2) is 9.78 Å². The van der Waals surface area contributed by atoms with Gasteiger partial charge in [-0.05, 0) is 37.3 Å². The standard InChI is InChI=1S/C16H23N3O2/c1-3-14-13-9-17-8-11(13)10-19(14)15-12(6-5-7-18-15)16(20)21-4-2/h5-7,11,13-14,17H,3-4,8-10H2,1-2H3. The lowest BCUT2D eigenvalue weighted by molar-refractivity contribution is 0.0526. The lowest BCUT2D eigenvalue weighted by Crippen LogP contribution is -2.36. The van der Waals surface area contributed by atoms with Crippen LogP contribution in [0.15, 0.2) is 18.3 Å². The van der Waals surface area contributed by atoms with E-state index < -0.39 is 0 Å². The maximum Gasteiger partial charge on any atom is 0.341 e. The highest BCUT2D eigenvalue weighted by molar-refractivity contribution is 5.94. The Balaban J connectivity index is 1.91. The van der Waals surface area contributed by atoms with E-state index in [2.05, 4.69) is 22.1 Å². The first kappa shape index (κ1) is 14.3. The number of carbonyl (C=O) groups is 1. The van der Waals surface area contributed by atoms with E-state index >= 15 is 0 Å². The second kappa shape index (κ2) is 6.02. The number of anilines is 1. The molecule has 0 aliphatic carbocycles. The van der Waals surface area contributed by atoms with Gasteiger partial charge in [-0.1, -0.05) is 6.92 Å². The van der Waals surface area contributed by atoms with Crippen molar-refractivity contribution in [3.63, 3.8) is 0 Å². The van der Waals surface area contributed by atoms with E-state index in [9.17, 15) is 4.79 Å². The molecular weight excluding hydrogens is 266 g/mol. The van der Waals surface area contributed by atoms with Crippen molar-refractivity contribution in [3.8, 4) is 0 Å². The maximum atomic E-state index is 12.2. The predicted molar refractivity (Wildman–Crippen MR) is 81.5 cm³/mol. The van der Waals surface area contributed by atoms with Crippen molar-refractivity contribution in [3.05, 3.63) is 23.9 Å². The molecule has 2 saturated heterocycles. The number of ether oxygens (including phenoxy) is 1. The SMILES string of the molecule is CCOC(=O)c1cccnc1N1CC2CNCC2C1CC. The van der Waals surface area contributed by atoms with Crippen molar-refractivity contribution in [1.82, 2.24) is 10.3 Å². The van der Waals surface area contributed by atoms with Crippen LogP contribution in [0.3, 0.4) is 0 Å². The average Bonchev–Trinajstić information content (AvgIpc) is 3.07. The van der Waals surface area contributed by atoms with Gasteiger partial charge in [0.25, 0.3) is 0 Å². The fourth-order valence-electron chi connectivity index (χ4n) is 3.78. The van der Waals surface area contributed by atoms with Gasteiger partial charge in [0, 0.05) is 31.9 Å². The van der Waals surface area contributed by atoms with Crippen LogP contribution < -0.4 is 10.2 Å². The summed E-state index contributed by atoms with van der Waals surface area (Å²) in [6, 6.07) is 4.07. The lowest BCUT2D eigenvalue weighted by atomic mass is 9.93. The van der Waals surface area contributed by atoms with Gasteiger partial charge >= 0.3 is 5.97 Å². The molecule has 114 valence electrons. The molecular formula is C16H23N3O2. The van der Waals surface area contributed by atoms with Gasteiger partial charge in [-0.2, -0.15) is 0 Å². The number of fused-ring (bicyclic) bond motifs is 1. The molecule has 0 aromatic carbocycles. The summed E-state index contributed by atoms with van der Waals surface area (Å²) in [5, 5.41) is 3.48. The van der Waals surface area contributed by atoms with E-state index in [1.54, 1.807) is 12.3 Å². The van der Waals surface area contributed by atoms with Gasteiger partial charge in [-0.3, -0.25) is 0 Å². The van der Waals surface area contributed by atoms with E-state index in [1.165, 1.54) is 0 Å². The summed E-state index contributed by atoms with van der Waals surface area (Å²) in [5.41, 5.74) is 0.589. The summed E-state index contributed by atoms with van der Waals surface area (Å²) < 4.78 is 5.17. The smallest absolute Gasteiger partial charge is 0.341 e. The highest BCUT2D eigenvalue weighted by Gasteiger charge is 2.44. The molecule has 2 aliphatic heterocycles. The molecule has 0 bridgehead atoms. The Bertz CT molecular complexity index is 520. The maximum absolute atomic E-state index is 12.2. The first-order chi connectivity index (χ1) is 10.3. The number of hydrogen-bond acceptors (Lipinski definition) is 5. The third-order valence-electron chi connectivity index (χ3n) is 4.69. The van der Waals surface area contributed by atoms with Crippen molar-refractivity contribution in [1.29, 1.82) is 0 Å². The summed E-state index contributed by atoms with van der Waals surface area (Å²) in [4.78, 5) is 19.0. The highest BCUT2D eigenvalue weighted by Crippen LogP contribution is 2.37. The minimum absolute atomic E-state index is 0.273. The molecule has 0 spiro atoms. The Kier molecular flexibility index (Phi) is 4.10. The summed E-state index contributed by atoms with van der Waals surface area (Å²) in [5.74, 6) is 1.84. The highest BCUT2D eigenvalue weighted by atomic mass is 16.5. The molecule has 1 N–H and O–H groups in total. The molecule has 5 heteroatoms.